The largest absolute Gasteiger partial charge is 0.748 e. The number of hydrogen-bond acceptors (Lipinski definition) is 14. The number of fused-ring (bicyclic) bond motifs is 8. The van der Waals surface area contributed by atoms with Crippen molar-refractivity contribution in [2.24, 2.45) is 11.5 Å². The predicted octanol–water partition coefficient (Wildman–Crippen LogP) is 5.65. The summed E-state index contributed by atoms with van der Waals surface area (Å²) >= 11 is 0. The van der Waals surface area contributed by atoms with Crippen LogP contribution in [-0.4, -0.2) is 266 Å². The molecule has 4 bridgehead atoms. The molecule has 0 unspecified atom stereocenters. The first-order valence-corrected chi connectivity index (χ1v) is 43.2. The summed E-state index contributed by atoms with van der Waals surface area (Å²) in [4.78, 5) is 77.4. The van der Waals surface area contributed by atoms with Gasteiger partial charge in [-0.05, 0) is 104 Å². The molecule has 0 saturated carbocycles. The zero-order valence-corrected chi connectivity index (χ0v) is 67.7. The molecule has 0 atom stereocenters. The average molecular weight is 1590 g/mol. The fourth-order valence-corrected chi connectivity index (χ4v) is 19.8. The monoisotopic (exact) mass is 1590 g/mol. The van der Waals surface area contributed by atoms with Gasteiger partial charge in [-0.15, -0.1) is 0 Å². The van der Waals surface area contributed by atoms with Gasteiger partial charge in [0, 0.05) is 118 Å². The van der Waals surface area contributed by atoms with Crippen LogP contribution in [0.15, 0.2) is 143 Å². The van der Waals surface area contributed by atoms with Crippen molar-refractivity contribution in [1.82, 2.24) is 19.2 Å². The summed E-state index contributed by atoms with van der Waals surface area (Å²) in [5.74, 6) is -2.33. The molecule has 111 heavy (non-hydrogen) atoms. The van der Waals surface area contributed by atoms with E-state index in [0.717, 1.165) is 169 Å². The van der Waals surface area contributed by atoms with Gasteiger partial charge < -0.3 is 54.8 Å². The Hall–Kier alpha value is -8.10. The number of anilines is 2. The third-order valence-corrected chi connectivity index (χ3v) is 28.5. The summed E-state index contributed by atoms with van der Waals surface area (Å²) in [6.45, 7) is 25.7. The summed E-state index contributed by atoms with van der Waals surface area (Å²) in [7, 11) is -9.64. The van der Waals surface area contributed by atoms with Crippen LogP contribution in [0.2, 0.25) is 0 Å². The first-order valence-electron chi connectivity index (χ1n) is 38.8. The summed E-state index contributed by atoms with van der Waals surface area (Å²) in [5.41, 5.74) is 18.4. The summed E-state index contributed by atoms with van der Waals surface area (Å²) in [6, 6.07) is 25.8. The number of hydrogen-bond donors (Lipinski definition) is 5. The zero-order valence-electron chi connectivity index (χ0n) is 65.2. The van der Waals surface area contributed by atoms with E-state index in [2.05, 4.69) is 53.8 Å². The number of primary amides is 2. The Bertz CT molecular complexity index is 4560. The van der Waals surface area contributed by atoms with Gasteiger partial charge in [-0.25, -0.2) is 33.9 Å². The standard InChI is InChI=1S/C81H111N13O13S3.CH4/c1-8-9-38-89-71-32-30-67(109(104,105)87(6)36-15-20-77(98)84-58-66(95)55-64-24-22-62(23-25-64)34-40-91-42-48-93(49-43-91,50-44-91)60-75(82)96)56-69(71)80(2,3)73(89)18-13-11-10-12-14-19-74-81(4,5)70-57-68(31-33-72(70)90(74)39-17-54-108(101,102)103)110(106,107)88(7)37-16-21-78(99)85-59-79(100)86-65-28-26-63(27-29-65)35-41-92-45-51-94(52-46-92,53-47-92)61-76(83)97;/h10-14,18-19,22-33,56-57H,8-9,15-17,20-21,34-55,58-61H2,1-7H3,(H3-5,82,83,84,85,86,96,97,98,99,100,101,102,103);1H4/p+4. The molecule has 6 fully saturated rings. The number of unbranched alkanes of at least 4 members (excludes halogenated alkanes) is 1. The number of allylic oxidation sites excluding steroid dienone is 8. The number of nitrogens with zero attached hydrogens (tertiary/aromatic N) is 8. The zero-order chi connectivity index (χ0) is 79.5. The fraction of sp³-hybridized carbons (Fsp3) is 0.524. The Kier molecular flexibility index (Phi) is 28.5. The second-order valence-corrected chi connectivity index (χ2v) is 38.0. The van der Waals surface area contributed by atoms with Crippen LogP contribution in [0.4, 0.5) is 17.1 Å². The van der Waals surface area contributed by atoms with Crippen molar-refractivity contribution in [3.8, 4) is 0 Å². The number of carbonyl (C=O) groups is 6. The lowest BCUT2D eigenvalue weighted by molar-refractivity contribution is -1.08. The lowest BCUT2D eigenvalue weighted by atomic mass is 9.81. The summed E-state index contributed by atoms with van der Waals surface area (Å²) < 4.78 is 100. The molecule has 8 heterocycles. The molecule has 0 spiro atoms. The minimum absolute atomic E-state index is 0. The molecule has 8 aliphatic rings. The van der Waals surface area contributed by atoms with Gasteiger partial charge in [0.15, 0.2) is 24.6 Å². The van der Waals surface area contributed by atoms with E-state index in [1.165, 1.54) is 34.3 Å². The number of benzene rings is 4. The van der Waals surface area contributed by atoms with Gasteiger partial charge in [0.05, 0.1) is 51.5 Å². The van der Waals surface area contributed by atoms with E-state index >= 15 is 0 Å². The summed E-state index contributed by atoms with van der Waals surface area (Å²) in [6.07, 6.45) is 17.5. The number of carbonyl (C=O) groups excluding carboxylic acids is 6. The highest BCUT2D eigenvalue weighted by molar-refractivity contribution is 7.89. The molecule has 7 N–H and O–H groups in total. The van der Waals surface area contributed by atoms with Crippen LogP contribution in [0.3, 0.4) is 0 Å². The topological polar surface area (TPSA) is 329 Å². The molecule has 12 rings (SSSR count). The average Bonchev–Trinajstić information content (AvgIpc) is 1.37. The number of piperazine rings is 6. The smallest absolute Gasteiger partial charge is 0.272 e. The Balaban J connectivity index is 0.0000142. The van der Waals surface area contributed by atoms with E-state index in [4.69, 9.17) is 11.5 Å². The highest BCUT2D eigenvalue weighted by Gasteiger charge is 2.51. The lowest BCUT2D eigenvalue weighted by Gasteiger charge is -2.55. The second-order valence-electron chi connectivity index (χ2n) is 32.4. The highest BCUT2D eigenvalue weighted by Crippen LogP contribution is 2.49. The third kappa shape index (κ3) is 21.6. The van der Waals surface area contributed by atoms with Crippen LogP contribution < -0.4 is 32.3 Å². The van der Waals surface area contributed by atoms with Crippen molar-refractivity contribution in [2.45, 2.75) is 127 Å². The van der Waals surface area contributed by atoms with Crippen molar-refractivity contribution >= 4 is 88.3 Å². The lowest BCUT2D eigenvalue weighted by Crippen LogP contribution is -2.76. The van der Waals surface area contributed by atoms with E-state index in [9.17, 15) is 58.6 Å². The van der Waals surface area contributed by atoms with Gasteiger partial charge in [-0.2, -0.15) is 4.58 Å². The highest BCUT2D eigenvalue weighted by atomic mass is 32.2. The fourth-order valence-electron chi connectivity index (χ4n) is 16.9. The number of ketones is 1. The molecule has 4 aromatic rings. The maximum absolute atomic E-state index is 14.2. The van der Waals surface area contributed by atoms with Crippen LogP contribution in [-0.2, 0) is 89.0 Å². The number of amides is 5. The molecular formula is C82H119N13O13S3+4. The number of sulfonamides is 2. The number of nitrogens with two attached hydrogens (primary N) is 2. The Morgan fingerprint density at radius 1 is 0.568 bits per heavy atom. The van der Waals surface area contributed by atoms with Crippen molar-refractivity contribution in [3.05, 3.63) is 161 Å². The summed E-state index contributed by atoms with van der Waals surface area (Å²) in [5, 5.41) is 8.18. The van der Waals surface area contributed by atoms with E-state index in [-0.39, 0.29) is 112 Å². The number of rotatable bonds is 40. The van der Waals surface area contributed by atoms with Gasteiger partial charge in [-0.3, -0.25) is 28.8 Å². The third-order valence-electron chi connectivity index (χ3n) is 24.0. The molecule has 0 aromatic heterocycles. The molecule has 29 heteroatoms. The molecule has 6 saturated heterocycles. The normalized spacial score (nSPS) is 22.2. The van der Waals surface area contributed by atoms with Gasteiger partial charge >= 0.3 is 0 Å². The SMILES string of the molecule is C.CCCCN1C(=CC=CC=CC=CC2=[N+](CCCS(=O)(=O)[O-])c3ccc(S(=O)(=O)N(C)CCCC(=O)NCC(=O)Nc4ccc(CC[N+]56CC[N+](CC(N)=O)(CC5)CC6)cc4)cc3C2(C)C)C(C)(C)c2cc(S(=O)(=O)N(C)CCCC(=O)NCC(=O)Cc3ccc(CC[N+]45CC[N+](CC(N)=O)(CC4)CC5)cc3)ccc21. The number of Topliss-reactive ketones (excluding diaryl/α,β-unsaturated/α-hetero) is 1. The molecule has 0 radical (unpaired) electrons. The van der Waals surface area contributed by atoms with Crippen LogP contribution in [0, 0.1) is 0 Å². The van der Waals surface area contributed by atoms with Gasteiger partial charge in [0.25, 0.3) is 11.8 Å². The Labute approximate surface area is 658 Å². The van der Waals surface area contributed by atoms with Gasteiger partial charge in [-0.1, -0.05) is 101 Å². The van der Waals surface area contributed by atoms with E-state index in [0.29, 0.717) is 36.6 Å². The minimum Gasteiger partial charge on any atom is -0.748 e. The van der Waals surface area contributed by atoms with Gasteiger partial charge in [0.1, 0.15) is 85.1 Å². The van der Waals surface area contributed by atoms with Crippen molar-refractivity contribution < 1.29 is 81.1 Å². The quantitative estimate of drug-likeness (QED) is 0.0156. The van der Waals surface area contributed by atoms with E-state index in [1.54, 1.807) is 24.3 Å². The first-order chi connectivity index (χ1) is 52.0. The van der Waals surface area contributed by atoms with Gasteiger partial charge in [0.2, 0.25) is 43.5 Å². The van der Waals surface area contributed by atoms with Crippen molar-refractivity contribution in [1.29, 1.82) is 0 Å². The molecule has 8 aliphatic heterocycles. The number of nitrogens with one attached hydrogen (secondary N) is 3. The van der Waals surface area contributed by atoms with E-state index < -0.39 is 58.6 Å². The van der Waals surface area contributed by atoms with Crippen LogP contribution in [0.25, 0.3) is 0 Å². The van der Waals surface area contributed by atoms with E-state index in [1.807, 2.05) is 103 Å². The van der Waals surface area contributed by atoms with Crippen LogP contribution in [0.1, 0.15) is 115 Å². The number of quaternary nitrogens is 4. The maximum atomic E-state index is 14.2. The second kappa shape index (κ2) is 36.4. The predicted molar refractivity (Wildman–Crippen MR) is 431 cm³/mol. The molecular weight excluding hydrogens is 1470 g/mol. The molecule has 26 nitrogen and oxygen atoms in total. The first kappa shape index (κ1) is 86.9. The molecule has 5 amide bonds. The van der Waals surface area contributed by atoms with Crippen molar-refractivity contribution in [2.75, 3.05) is 174 Å². The maximum Gasteiger partial charge on any atom is 0.272 e. The Morgan fingerprint density at radius 2 is 1.04 bits per heavy atom. The van der Waals surface area contributed by atoms with Crippen molar-refractivity contribution in [3.63, 3.8) is 0 Å². The molecule has 4 aromatic carbocycles. The minimum atomic E-state index is -4.53. The van der Waals surface area contributed by atoms with Crippen LogP contribution >= 0.6 is 0 Å². The molecule has 0 aliphatic carbocycles. The molecule has 604 valence electrons. The van der Waals surface area contributed by atoms with Crippen LogP contribution in [0.5, 0.6) is 0 Å². The Morgan fingerprint density at radius 3 is 1.55 bits per heavy atom.